The van der Waals surface area contributed by atoms with Crippen LogP contribution in [0.5, 0.6) is 0 Å². The summed E-state index contributed by atoms with van der Waals surface area (Å²) in [5.74, 6) is -0.267. The van der Waals surface area contributed by atoms with Crippen molar-refractivity contribution in [3.05, 3.63) is 64.5 Å². The number of ether oxygens (including phenoxy) is 1. The molecule has 2 heterocycles. The molecule has 0 radical (unpaired) electrons. The molecule has 0 bridgehead atoms. The van der Waals surface area contributed by atoms with Gasteiger partial charge in [-0.2, -0.15) is 4.31 Å². The van der Waals surface area contributed by atoms with Crippen LogP contribution in [0.2, 0.25) is 0 Å². The molecule has 0 spiro atoms. The van der Waals surface area contributed by atoms with E-state index in [1.807, 2.05) is 5.38 Å². The zero-order valence-corrected chi connectivity index (χ0v) is 19.7. The van der Waals surface area contributed by atoms with Gasteiger partial charge in [0, 0.05) is 24.5 Å². The predicted octanol–water partition coefficient (Wildman–Crippen LogP) is 4.58. The zero-order chi connectivity index (χ0) is 22.7. The molecule has 1 aromatic heterocycles. The number of morpholine rings is 1. The highest BCUT2D eigenvalue weighted by Gasteiger charge is 2.26. The largest absolute Gasteiger partial charge is 0.379 e. The lowest BCUT2D eigenvalue weighted by Gasteiger charge is -2.26. The normalized spacial score (nSPS) is 16.9. The minimum absolute atomic E-state index is 0.195. The second-order valence-corrected chi connectivity index (χ2v) is 10.4. The predicted molar refractivity (Wildman–Crippen MR) is 124 cm³/mol. The number of nitrogens with zero attached hydrogens (tertiary/aromatic N) is 3. The van der Waals surface area contributed by atoms with Crippen molar-refractivity contribution < 1.29 is 17.5 Å². The van der Waals surface area contributed by atoms with Gasteiger partial charge in [-0.15, -0.1) is 11.3 Å². The van der Waals surface area contributed by atoms with E-state index in [1.165, 1.54) is 27.8 Å². The van der Waals surface area contributed by atoms with Crippen LogP contribution in [-0.2, 0) is 14.8 Å². The molecule has 0 N–H and O–H groups in total. The lowest BCUT2D eigenvalue weighted by Crippen LogP contribution is -2.40. The van der Waals surface area contributed by atoms with Crippen LogP contribution >= 0.6 is 11.3 Å². The second kappa shape index (κ2) is 9.66. The number of benzene rings is 2. The minimum atomic E-state index is -3.53. The summed E-state index contributed by atoms with van der Waals surface area (Å²) in [4.78, 5) is 5.85. The van der Waals surface area contributed by atoms with E-state index in [4.69, 9.17) is 9.73 Å². The molecular formula is C23H26FN3O3S2. The third-order valence-electron chi connectivity index (χ3n) is 5.58. The fourth-order valence-corrected chi connectivity index (χ4v) is 6.01. The third-order valence-corrected chi connectivity index (χ3v) is 8.34. The summed E-state index contributed by atoms with van der Waals surface area (Å²) in [5.41, 5.74) is 2.58. The first-order valence-corrected chi connectivity index (χ1v) is 12.9. The van der Waals surface area contributed by atoms with Gasteiger partial charge in [0.1, 0.15) is 5.82 Å². The lowest BCUT2D eigenvalue weighted by molar-refractivity contribution is 0.0730. The van der Waals surface area contributed by atoms with Crippen molar-refractivity contribution in [1.29, 1.82) is 0 Å². The van der Waals surface area contributed by atoms with E-state index in [0.717, 1.165) is 22.5 Å². The number of aromatic nitrogens is 1. The standard InChI is InChI=1S/C23H26FN3O3S2/c1-3-17(2)27-22(18-4-6-19(24)7-5-18)16-31-23(27)25-20-8-10-21(11-9-20)32(28,29)26-12-14-30-15-13-26/h4-11,16-17H,3,12-15H2,1-2H3. The van der Waals surface area contributed by atoms with E-state index < -0.39 is 10.0 Å². The Morgan fingerprint density at radius 3 is 2.38 bits per heavy atom. The summed E-state index contributed by atoms with van der Waals surface area (Å²) in [7, 11) is -3.53. The molecule has 1 aliphatic rings. The molecular weight excluding hydrogens is 449 g/mol. The molecule has 0 aliphatic carbocycles. The van der Waals surface area contributed by atoms with Crippen LogP contribution in [0.25, 0.3) is 11.3 Å². The Kier molecular flexibility index (Phi) is 6.90. The molecule has 0 saturated carbocycles. The summed E-state index contributed by atoms with van der Waals surface area (Å²) in [6, 6.07) is 13.3. The number of hydrogen-bond acceptors (Lipinski definition) is 5. The molecule has 1 fully saturated rings. The number of hydrogen-bond donors (Lipinski definition) is 0. The molecule has 1 saturated heterocycles. The van der Waals surface area contributed by atoms with E-state index in [0.29, 0.717) is 32.0 Å². The van der Waals surface area contributed by atoms with Crippen LogP contribution < -0.4 is 4.80 Å². The van der Waals surface area contributed by atoms with Crippen molar-refractivity contribution in [2.24, 2.45) is 4.99 Å². The van der Waals surface area contributed by atoms with E-state index in [1.54, 1.807) is 36.4 Å². The molecule has 2 aromatic carbocycles. The summed E-state index contributed by atoms with van der Waals surface area (Å²) in [5, 5.41) is 2.02. The summed E-state index contributed by atoms with van der Waals surface area (Å²) in [6.07, 6.45) is 0.912. The zero-order valence-electron chi connectivity index (χ0n) is 18.1. The third kappa shape index (κ3) is 4.71. The average Bonchev–Trinajstić information content (AvgIpc) is 3.23. The van der Waals surface area contributed by atoms with Gasteiger partial charge in [-0.3, -0.25) is 0 Å². The van der Waals surface area contributed by atoms with Gasteiger partial charge in [-0.1, -0.05) is 6.92 Å². The Morgan fingerprint density at radius 2 is 1.75 bits per heavy atom. The van der Waals surface area contributed by atoms with E-state index in [2.05, 4.69) is 18.4 Å². The second-order valence-electron chi connectivity index (χ2n) is 7.66. The van der Waals surface area contributed by atoms with Gasteiger partial charge in [0.25, 0.3) is 0 Å². The molecule has 1 aliphatic heterocycles. The van der Waals surface area contributed by atoms with Crippen LogP contribution in [0.4, 0.5) is 10.1 Å². The Bertz CT molecular complexity index is 1230. The van der Waals surface area contributed by atoms with Crippen molar-refractivity contribution in [3.63, 3.8) is 0 Å². The fraction of sp³-hybridized carbons (Fsp3) is 0.348. The smallest absolute Gasteiger partial charge is 0.243 e. The first-order chi connectivity index (χ1) is 15.4. The molecule has 170 valence electrons. The molecule has 6 nitrogen and oxygen atoms in total. The van der Waals surface area contributed by atoms with Crippen LogP contribution in [0, 0.1) is 5.82 Å². The Labute approximate surface area is 191 Å². The Balaban J connectivity index is 1.68. The number of rotatable bonds is 6. The van der Waals surface area contributed by atoms with Gasteiger partial charge < -0.3 is 9.30 Å². The molecule has 0 amide bonds. The minimum Gasteiger partial charge on any atom is -0.379 e. The Morgan fingerprint density at radius 1 is 1.09 bits per heavy atom. The maximum atomic E-state index is 13.4. The SMILES string of the molecule is CCC(C)n1c(-c2ccc(F)cc2)csc1=Nc1ccc(S(=O)(=O)N2CCOCC2)cc1. The van der Waals surface area contributed by atoms with Crippen molar-refractivity contribution in [2.45, 2.75) is 31.2 Å². The van der Waals surface area contributed by atoms with Crippen molar-refractivity contribution in [1.82, 2.24) is 8.87 Å². The van der Waals surface area contributed by atoms with E-state index >= 15 is 0 Å². The van der Waals surface area contributed by atoms with Gasteiger partial charge in [-0.25, -0.2) is 17.8 Å². The molecule has 3 aromatic rings. The highest BCUT2D eigenvalue weighted by molar-refractivity contribution is 7.89. The first-order valence-electron chi connectivity index (χ1n) is 10.6. The van der Waals surface area contributed by atoms with Crippen molar-refractivity contribution in [2.75, 3.05) is 26.3 Å². The maximum absolute atomic E-state index is 13.4. The fourth-order valence-electron chi connectivity index (χ4n) is 3.58. The number of thiazole rings is 1. The highest BCUT2D eigenvalue weighted by Crippen LogP contribution is 2.26. The van der Waals surface area contributed by atoms with Crippen LogP contribution in [0.1, 0.15) is 26.3 Å². The number of sulfonamides is 1. The van der Waals surface area contributed by atoms with Gasteiger partial charge in [0.2, 0.25) is 10.0 Å². The van der Waals surface area contributed by atoms with Crippen molar-refractivity contribution in [3.8, 4) is 11.3 Å². The van der Waals surface area contributed by atoms with Crippen LogP contribution in [-0.4, -0.2) is 43.6 Å². The van der Waals surface area contributed by atoms with Gasteiger partial charge in [-0.05, 0) is 67.4 Å². The summed E-state index contributed by atoms with van der Waals surface area (Å²) in [6.45, 7) is 5.79. The Hall–Kier alpha value is -2.33. The van der Waals surface area contributed by atoms with Gasteiger partial charge in [0.05, 0.1) is 29.5 Å². The van der Waals surface area contributed by atoms with E-state index in [9.17, 15) is 12.8 Å². The molecule has 1 unspecified atom stereocenters. The molecule has 4 rings (SSSR count). The summed E-state index contributed by atoms with van der Waals surface area (Å²) >= 11 is 1.51. The monoisotopic (exact) mass is 475 g/mol. The number of halogens is 1. The van der Waals surface area contributed by atoms with Crippen LogP contribution in [0.3, 0.4) is 0 Å². The quantitative estimate of drug-likeness (QED) is 0.524. The molecule has 32 heavy (non-hydrogen) atoms. The topological polar surface area (TPSA) is 63.9 Å². The van der Waals surface area contributed by atoms with Gasteiger partial charge >= 0.3 is 0 Å². The summed E-state index contributed by atoms with van der Waals surface area (Å²) < 4.78 is 47.9. The van der Waals surface area contributed by atoms with Gasteiger partial charge in [0.15, 0.2) is 4.80 Å². The van der Waals surface area contributed by atoms with Crippen molar-refractivity contribution >= 4 is 27.0 Å². The lowest BCUT2D eigenvalue weighted by atomic mass is 10.1. The van der Waals surface area contributed by atoms with E-state index in [-0.39, 0.29) is 16.8 Å². The van der Waals surface area contributed by atoms with Crippen LogP contribution in [0.15, 0.2) is 63.8 Å². The highest BCUT2D eigenvalue weighted by atomic mass is 32.2. The molecule has 1 atom stereocenters. The molecule has 9 heteroatoms. The first kappa shape index (κ1) is 22.8. The average molecular weight is 476 g/mol. The maximum Gasteiger partial charge on any atom is 0.243 e.